The summed E-state index contributed by atoms with van der Waals surface area (Å²) in [4.78, 5) is 32.6. The molecule has 0 aromatic carbocycles. The molecule has 1 unspecified atom stereocenters. The van der Waals surface area contributed by atoms with Crippen molar-refractivity contribution in [2.75, 3.05) is 14.1 Å². The minimum Gasteiger partial charge on any atom is -0.346 e. The van der Waals surface area contributed by atoms with Crippen LogP contribution in [-0.4, -0.2) is 36.7 Å². The Bertz CT molecular complexity index is 188. The average Bonchev–Trinajstić information content (AvgIpc) is 1.88. The smallest absolute Gasteiger partial charge is 0.258 e. The number of nitroso groups, excluding NO2 is 1. The van der Waals surface area contributed by atoms with Crippen molar-refractivity contribution in [1.29, 1.82) is 0 Å². The molecule has 0 aromatic rings. The first-order chi connectivity index (χ1) is 5.00. The molecule has 5 heteroatoms. The van der Waals surface area contributed by atoms with E-state index in [-0.39, 0.29) is 0 Å². The van der Waals surface area contributed by atoms with Gasteiger partial charge < -0.3 is 4.90 Å². The number of carbonyl (C=O) groups is 2. The molecule has 0 spiro atoms. The highest BCUT2D eigenvalue weighted by atomic mass is 16.3. The third-order valence-corrected chi connectivity index (χ3v) is 1.17. The van der Waals surface area contributed by atoms with E-state index in [0.717, 1.165) is 11.8 Å². The van der Waals surface area contributed by atoms with Gasteiger partial charge in [-0.2, -0.15) is 0 Å². The van der Waals surface area contributed by atoms with Crippen LogP contribution in [0.4, 0.5) is 0 Å². The summed E-state index contributed by atoms with van der Waals surface area (Å²) >= 11 is 0. The van der Waals surface area contributed by atoms with Gasteiger partial charge in [-0.1, -0.05) is 0 Å². The lowest BCUT2D eigenvalue weighted by Crippen LogP contribution is -2.36. The highest BCUT2D eigenvalue weighted by Crippen LogP contribution is 1.96. The highest BCUT2D eigenvalue weighted by molar-refractivity contribution is 6.04. The van der Waals surface area contributed by atoms with Crippen LogP contribution in [0.15, 0.2) is 5.18 Å². The Morgan fingerprint density at radius 1 is 1.36 bits per heavy atom. The molecular weight excluding hydrogens is 148 g/mol. The second-order valence-electron chi connectivity index (χ2n) is 2.35. The minimum atomic E-state index is -1.37. The summed E-state index contributed by atoms with van der Waals surface area (Å²) < 4.78 is 0. The topological polar surface area (TPSA) is 66.8 Å². The predicted octanol–water partition coefficient (Wildman–Crippen LogP) is -0.201. The van der Waals surface area contributed by atoms with Crippen LogP contribution >= 0.6 is 0 Å². The lowest BCUT2D eigenvalue weighted by molar-refractivity contribution is -0.134. The van der Waals surface area contributed by atoms with Crippen molar-refractivity contribution in [3.05, 3.63) is 4.91 Å². The van der Waals surface area contributed by atoms with Gasteiger partial charge >= 0.3 is 0 Å². The second kappa shape index (κ2) is 3.80. The van der Waals surface area contributed by atoms with Crippen molar-refractivity contribution in [2.24, 2.45) is 5.18 Å². The van der Waals surface area contributed by atoms with Crippen LogP contribution in [-0.2, 0) is 9.59 Å². The Kier molecular flexibility index (Phi) is 3.36. The molecule has 0 rings (SSSR count). The SMILES string of the molecule is CC(=O)C(N=O)C(=O)N(C)C. The molecule has 0 radical (unpaired) electrons. The van der Waals surface area contributed by atoms with E-state index in [4.69, 9.17) is 0 Å². The molecule has 11 heavy (non-hydrogen) atoms. The van der Waals surface area contributed by atoms with E-state index in [1.54, 1.807) is 0 Å². The van der Waals surface area contributed by atoms with Crippen LogP contribution in [0.25, 0.3) is 0 Å². The molecule has 5 nitrogen and oxygen atoms in total. The molecule has 0 aliphatic heterocycles. The molecule has 1 amide bonds. The summed E-state index contributed by atoms with van der Waals surface area (Å²) in [5.41, 5.74) is 0. The zero-order chi connectivity index (χ0) is 9.02. The molecule has 0 aliphatic carbocycles. The van der Waals surface area contributed by atoms with Crippen LogP contribution in [0.5, 0.6) is 0 Å². The van der Waals surface area contributed by atoms with Crippen molar-refractivity contribution in [3.63, 3.8) is 0 Å². The summed E-state index contributed by atoms with van der Waals surface area (Å²) in [7, 11) is 2.92. The van der Waals surface area contributed by atoms with Crippen LogP contribution < -0.4 is 0 Å². The van der Waals surface area contributed by atoms with Gasteiger partial charge in [0.1, 0.15) is 0 Å². The van der Waals surface area contributed by atoms with Crippen molar-refractivity contribution in [2.45, 2.75) is 13.0 Å². The summed E-state index contributed by atoms with van der Waals surface area (Å²) in [6, 6.07) is -1.37. The van der Waals surface area contributed by atoms with E-state index in [9.17, 15) is 14.5 Å². The maximum absolute atomic E-state index is 10.9. The van der Waals surface area contributed by atoms with Gasteiger partial charge in [0.05, 0.1) is 0 Å². The van der Waals surface area contributed by atoms with E-state index in [0.29, 0.717) is 0 Å². The molecule has 0 heterocycles. The summed E-state index contributed by atoms with van der Waals surface area (Å²) in [5.74, 6) is -1.11. The van der Waals surface area contributed by atoms with Crippen molar-refractivity contribution >= 4 is 11.7 Å². The Morgan fingerprint density at radius 2 is 1.82 bits per heavy atom. The molecular formula is C6H10N2O3. The second-order valence-corrected chi connectivity index (χ2v) is 2.35. The standard InChI is InChI=1S/C6H10N2O3/c1-4(9)5(7-11)6(10)8(2)3/h5H,1-3H3. The minimum absolute atomic E-state index is 0.529. The number of nitrogens with zero attached hydrogens (tertiary/aromatic N) is 2. The Hall–Kier alpha value is -1.26. The van der Waals surface area contributed by atoms with Crippen molar-refractivity contribution in [1.82, 2.24) is 4.90 Å². The molecule has 0 bridgehead atoms. The first kappa shape index (κ1) is 9.74. The van der Waals surface area contributed by atoms with Gasteiger partial charge in [0, 0.05) is 14.1 Å². The maximum atomic E-state index is 10.9. The first-order valence-corrected chi connectivity index (χ1v) is 3.04. The fraction of sp³-hybridized carbons (Fsp3) is 0.667. The number of ketones is 1. The van der Waals surface area contributed by atoms with Crippen LogP contribution in [0.3, 0.4) is 0 Å². The number of hydrogen-bond acceptors (Lipinski definition) is 4. The number of carbonyl (C=O) groups excluding carboxylic acids is 2. The molecule has 0 saturated carbocycles. The lowest BCUT2D eigenvalue weighted by Gasteiger charge is -2.11. The zero-order valence-electron chi connectivity index (χ0n) is 6.70. The number of hydrogen-bond donors (Lipinski definition) is 0. The molecule has 0 aromatic heterocycles. The Morgan fingerprint density at radius 3 is 1.91 bits per heavy atom. The summed E-state index contributed by atoms with van der Waals surface area (Å²) in [5, 5.41) is 2.42. The Balaban J connectivity index is 4.39. The van der Waals surface area contributed by atoms with Gasteiger partial charge in [0.25, 0.3) is 5.91 Å². The van der Waals surface area contributed by atoms with Crippen LogP contribution in [0, 0.1) is 4.91 Å². The van der Waals surface area contributed by atoms with E-state index >= 15 is 0 Å². The molecule has 62 valence electrons. The van der Waals surface area contributed by atoms with Gasteiger partial charge in [-0.3, -0.25) is 9.59 Å². The molecule has 0 saturated heterocycles. The normalized spacial score (nSPS) is 11.9. The zero-order valence-corrected chi connectivity index (χ0v) is 6.70. The fourth-order valence-electron chi connectivity index (χ4n) is 0.538. The summed E-state index contributed by atoms with van der Waals surface area (Å²) in [6.07, 6.45) is 0. The number of rotatable bonds is 3. The number of amides is 1. The van der Waals surface area contributed by atoms with Crippen molar-refractivity contribution < 1.29 is 9.59 Å². The van der Waals surface area contributed by atoms with Gasteiger partial charge in [0.2, 0.25) is 6.04 Å². The molecule has 0 aliphatic rings. The predicted molar refractivity (Wildman–Crippen MR) is 39.0 cm³/mol. The first-order valence-electron chi connectivity index (χ1n) is 3.04. The Labute approximate surface area is 64.3 Å². The van der Waals surface area contributed by atoms with Gasteiger partial charge in [-0.05, 0) is 12.1 Å². The van der Waals surface area contributed by atoms with E-state index in [1.807, 2.05) is 0 Å². The number of Topliss-reactive ketones (excluding diaryl/α,β-unsaturated/α-hetero) is 1. The monoisotopic (exact) mass is 158 g/mol. The fourth-order valence-corrected chi connectivity index (χ4v) is 0.538. The summed E-state index contributed by atoms with van der Waals surface area (Å²) in [6.45, 7) is 1.16. The molecule has 0 fully saturated rings. The van der Waals surface area contributed by atoms with E-state index < -0.39 is 17.7 Å². The van der Waals surface area contributed by atoms with E-state index in [1.165, 1.54) is 14.1 Å². The van der Waals surface area contributed by atoms with Gasteiger partial charge in [-0.25, -0.2) is 0 Å². The van der Waals surface area contributed by atoms with Gasteiger partial charge in [0.15, 0.2) is 5.78 Å². The van der Waals surface area contributed by atoms with Crippen molar-refractivity contribution in [3.8, 4) is 0 Å². The molecule has 0 N–H and O–H groups in total. The van der Waals surface area contributed by atoms with Crippen LogP contribution in [0.2, 0.25) is 0 Å². The average molecular weight is 158 g/mol. The van der Waals surface area contributed by atoms with E-state index in [2.05, 4.69) is 5.18 Å². The van der Waals surface area contributed by atoms with Gasteiger partial charge in [-0.15, -0.1) is 4.91 Å². The third kappa shape index (κ3) is 2.45. The third-order valence-electron chi connectivity index (χ3n) is 1.17. The largest absolute Gasteiger partial charge is 0.346 e. The molecule has 1 atom stereocenters. The lowest BCUT2D eigenvalue weighted by atomic mass is 10.2. The van der Waals surface area contributed by atoms with Crippen LogP contribution in [0.1, 0.15) is 6.92 Å². The highest BCUT2D eigenvalue weighted by Gasteiger charge is 2.25. The number of likely N-dealkylation sites (N-methyl/N-ethyl adjacent to an activating group) is 1. The quantitative estimate of drug-likeness (QED) is 0.422. The maximum Gasteiger partial charge on any atom is 0.258 e.